The Kier molecular flexibility index (Phi) is 6.10. The summed E-state index contributed by atoms with van der Waals surface area (Å²) >= 11 is 3.39. The van der Waals surface area contributed by atoms with Gasteiger partial charge >= 0.3 is 0 Å². The van der Waals surface area contributed by atoms with E-state index in [1.807, 2.05) is 13.8 Å². The number of hydrogen-bond acceptors (Lipinski definition) is 5. The van der Waals surface area contributed by atoms with Gasteiger partial charge in [0.2, 0.25) is 0 Å². The number of rotatable bonds is 5. The van der Waals surface area contributed by atoms with Crippen LogP contribution in [0.3, 0.4) is 0 Å². The van der Waals surface area contributed by atoms with E-state index in [0.717, 1.165) is 4.47 Å². The normalized spacial score (nSPS) is 17.8. The lowest BCUT2D eigenvalue weighted by Gasteiger charge is -2.25. The van der Waals surface area contributed by atoms with Crippen LogP contribution in [0.25, 0.3) is 5.76 Å². The number of nitrogens with zero attached hydrogens (tertiary/aromatic N) is 2. The van der Waals surface area contributed by atoms with Gasteiger partial charge in [-0.05, 0) is 67.9 Å². The van der Waals surface area contributed by atoms with Crippen LogP contribution in [0.4, 0.5) is 5.69 Å². The minimum absolute atomic E-state index is 0.0193. The number of amides is 1. The Labute approximate surface area is 194 Å². The predicted molar refractivity (Wildman–Crippen MR) is 125 cm³/mol. The fourth-order valence-electron chi connectivity index (χ4n) is 3.71. The number of hydrogen-bond donors (Lipinski definition) is 1. The Morgan fingerprint density at radius 3 is 2.41 bits per heavy atom. The number of aliphatic hydroxyl groups is 1. The topological polar surface area (TPSA) is 79.7 Å². The smallest absolute Gasteiger partial charge is 0.300 e. The molecule has 1 unspecified atom stereocenters. The number of pyridine rings is 1. The summed E-state index contributed by atoms with van der Waals surface area (Å²) in [4.78, 5) is 31.7. The maximum absolute atomic E-state index is 13.2. The van der Waals surface area contributed by atoms with E-state index >= 15 is 0 Å². The molecule has 1 N–H and O–H groups in total. The zero-order valence-corrected chi connectivity index (χ0v) is 19.1. The molecule has 1 fully saturated rings. The first kappa shape index (κ1) is 21.8. The number of ether oxygens (including phenoxy) is 1. The highest BCUT2D eigenvalue weighted by molar-refractivity contribution is 9.10. The molecule has 1 aromatic heterocycles. The minimum atomic E-state index is -0.797. The molecule has 1 saturated heterocycles. The van der Waals surface area contributed by atoms with E-state index in [1.165, 1.54) is 4.90 Å². The van der Waals surface area contributed by atoms with Crippen molar-refractivity contribution in [3.63, 3.8) is 0 Å². The second kappa shape index (κ2) is 8.96. The number of anilines is 1. The molecule has 1 aliphatic heterocycles. The molecule has 162 valence electrons. The van der Waals surface area contributed by atoms with Crippen molar-refractivity contribution in [3.05, 3.63) is 94.2 Å². The standard InChI is InChI=1S/C25H21BrN2O4/c1-15(2)32-20-5-3-4-17(14-20)23(29)21-22(16-10-12-27-13-11-16)28(25(31)24(21)30)19-8-6-18(26)7-9-19/h3-15,22,29H,1-2H3/b23-21-. The molecule has 0 spiro atoms. The van der Waals surface area contributed by atoms with E-state index < -0.39 is 17.7 Å². The third-order valence-electron chi connectivity index (χ3n) is 5.05. The van der Waals surface area contributed by atoms with E-state index in [1.54, 1.807) is 73.1 Å². The summed E-state index contributed by atoms with van der Waals surface area (Å²) < 4.78 is 6.57. The average molecular weight is 493 g/mol. The minimum Gasteiger partial charge on any atom is -0.507 e. The van der Waals surface area contributed by atoms with Gasteiger partial charge in [-0.2, -0.15) is 0 Å². The van der Waals surface area contributed by atoms with Crippen molar-refractivity contribution in [1.82, 2.24) is 4.98 Å². The number of halogens is 1. The molecule has 1 atom stereocenters. The summed E-state index contributed by atoms with van der Waals surface area (Å²) in [5, 5.41) is 11.2. The summed E-state index contributed by atoms with van der Waals surface area (Å²) in [5.41, 5.74) is 1.63. The first-order valence-electron chi connectivity index (χ1n) is 10.1. The second-order valence-corrected chi connectivity index (χ2v) is 8.54. The van der Waals surface area contributed by atoms with Crippen LogP contribution in [-0.2, 0) is 9.59 Å². The van der Waals surface area contributed by atoms with Crippen LogP contribution in [0.1, 0.15) is 31.0 Å². The maximum atomic E-state index is 13.2. The highest BCUT2D eigenvalue weighted by Crippen LogP contribution is 2.42. The second-order valence-electron chi connectivity index (χ2n) is 7.62. The number of benzene rings is 2. The molecule has 6 nitrogen and oxygen atoms in total. The Hall–Kier alpha value is -3.45. The summed E-state index contributed by atoms with van der Waals surface area (Å²) in [6.45, 7) is 3.80. The van der Waals surface area contributed by atoms with Crippen LogP contribution < -0.4 is 9.64 Å². The summed E-state index contributed by atoms with van der Waals surface area (Å²) in [6.07, 6.45) is 3.13. The highest BCUT2D eigenvalue weighted by Gasteiger charge is 2.46. The van der Waals surface area contributed by atoms with Crippen molar-refractivity contribution >= 4 is 39.1 Å². The van der Waals surface area contributed by atoms with Gasteiger partial charge < -0.3 is 9.84 Å². The molecule has 32 heavy (non-hydrogen) atoms. The molecular weight excluding hydrogens is 472 g/mol. The molecule has 7 heteroatoms. The zero-order valence-electron chi connectivity index (χ0n) is 17.5. The lowest BCUT2D eigenvalue weighted by atomic mass is 9.95. The molecule has 2 aromatic carbocycles. The molecule has 1 aliphatic rings. The van der Waals surface area contributed by atoms with Gasteiger partial charge in [-0.25, -0.2) is 0 Å². The van der Waals surface area contributed by atoms with Crippen LogP contribution in [0, 0.1) is 0 Å². The van der Waals surface area contributed by atoms with Gasteiger partial charge in [0.25, 0.3) is 11.7 Å². The Morgan fingerprint density at radius 1 is 1.06 bits per heavy atom. The number of aliphatic hydroxyl groups excluding tert-OH is 1. The summed E-state index contributed by atoms with van der Waals surface area (Å²) in [5.74, 6) is -1.14. The number of ketones is 1. The average Bonchev–Trinajstić information content (AvgIpc) is 3.05. The molecule has 0 radical (unpaired) electrons. The van der Waals surface area contributed by atoms with Gasteiger partial charge in [-0.1, -0.05) is 28.1 Å². The first-order chi connectivity index (χ1) is 15.4. The number of carbonyl (C=O) groups excluding carboxylic acids is 2. The van der Waals surface area contributed by atoms with E-state index in [-0.39, 0.29) is 17.4 Å². The van der Waals surface area contributed by atoms with Crippen LogP contribution in [0.15, 0.2) is 83.1 Å². The van der Waals surface area contributed by atoms with Crippen molar-refractivity contribution in [1.29, 1.82) is 0 Å². The Morgan fingerprint density at radius 2 is 1.75 bits per heavy atom. The van der Waals surface area contributed by atoms with Gasteiger partial charge in [-0.3, -0.25) is 19.5 Å². The lowest BCUT2D eigenvalue weighted by molar-refractivity contribution is -0.132. The zero-order chi connectivity index (χ0) is 22.8. The molecule has 0 bridgehead atoms. The van der Waals surface area contributed by atoms with Gasteiger partial charge in [-0.15, -0.1) is 0 Å². The monoisotopic (exact) mass is 492 g/mol. The van der Waals surface area contributed by atoms with Crippen molar-refractivity contribution in [2.45, 2.75) is 26.0 Å². The maximum Gasteiger partial charge on any atom is 0.300 e. The fraction of sp³-hybridized carbons (Fsp3) is 0.160. The fourth-order valence-corrected chi connectivity index (χ4v) is 3.97. The van der Waals surface area contributed by atoms with Gasteiger partial charge in [0, 0.05) is 28.1 Å². The molecule has 1 amide bonds. The Balaban J connectivity index is 1.89. The van der Waals surface area contributed by atoms with Crippen molar-refractivity contribution in [2.24, 2.45) is 0 Å². The van der Waals surface area contributed by atoms with Gasteiger partial charge in [0.05, 0.1) is 17.7 Å². The lowest BCUT2D eigenvalue weighted by Crippen LogP contribution is -2.29. The number of carbonyl (C=O) groups is 2. The van der Waals surface area contributed by atoms with E-state index in [9.17, 15) is 14.7 Å². The van der Waals surface area contributed by atoms with Gasteiger partial charge in [0.1, 0.15) is 11.5 Å². The number of Topliss-reactive ketones (excluding diaryl/α,β-unsaturated/α-hetero) is 1. The molecule has 2 heterocycles. The molecular formula is C25H21BrN2O4. The largest absolute Gasteiger partial charge is 0.507 e. The molecule has 0 saturated carbocycles. The van der Waals surface area contributed by atoms with Crippen LogP contribution in [-0.4, -0.2) is 27.9 Å². The molecule has 0 aliphatic carbocycles. The number of aromatic nitrogens is 1. The van der Waals surface area contributed by atoms with Gasteiger partial charge in [0.15, 0.2) is 0 Å². The van der Waals surface area contributed by atoms with Crippen LogP contribution in [0.2, 0.25) is 0 Å². The summed E-state index contributed by atoms with van der Waals surface area (Å²) in [7, 11) is 0. The van der Waals surface area contributed by atoms with Crippen LogP contribution in [0.5, 0.6) is 5.75 Å². The molecule has 4 rings (SSSR count). The van der Waals surface area contributed by atoms with E-state index in [4.69, 9.17) is 4.74 Å². The Bertz CT molecular complexity index is 1190. The van der Waals surface area contributed by atoms with E-state index in [2.05, 4.69) is 20.9 Å². The predicted octanol–water partition coefficient (Wildman–Crippen LogP) is 5.26. The highest BCUT2D eigenvalue weighted by atomic mass is 79.9. The van der Waals surface area contributed by atoms with Crippen molar-refractivity contribution in [3.8, 4) is 5.75 Å². The third-order valence-corrected chi connectivity index (χ3v) is 5.58. The SMILES string of the molecule is CC(C)Oc1cccc(/C(O)=C2/C(=O)C(=O)N(c3ccc(Br)cc3)C2c2ccncc2)c1. The molecule has 3 aromatic rings. The van der Waals surface area contributed by atoms with Crippen LogP contribution >= 0.6 is 15.9 Å². The van der Waals surface area contributed by atoms with Crippen molar-refractivity contribution in [2.75, 3.05) is 4.90 Å². The van der Waals surface area contributed by atoms with E-state index in [0.29, 0.717) is 22.6 Å². The summed E-state index contributed by atoms with van der Waals surface area (Å²) in [6, 6.07) is 16.6. The quantitative estimate of drug-likeness (QED) is 0.298. The first-order valence-corrected chi connectivity index (χ1v) is 10.9. The third kappa shape index (κ3) is 4.16. The van der Waals surface area contributed by atoms with Crippen molar-refractivity contribution < 1.29 is 19.4 Å².